The van der Waals surface area contributed by atoms with Gasteiger partial charge in [-0.05, 0) is 35.9 Å². The first-order valence-corrected chi connectivity index (χ1v) is 11.8. The number of rotatable bonds is 5. The summed E-state index contributed by atoms with van der Waals surface area (Å²) in [6, 6.07) is 3.50. The third-order valence-electron chi connectivity index (χ3n) is 4.85. The van der Waals surface area contributed by atoms with E-state index in [9.17, 15) is 52.7 Å². The van der Waals surface area contributed by atoms with Crippen LogP contribution in [-0.2, 0) is 34.3 Å². The minimum atomic E-state index is -6.43. The molecule has 3 rings (SSSR count). The quantitative estimate of drug-likeness (QED) is 0.106. The van der Waals surface area contributed by atoms with E-state index in [1.807, 2.05) is 0 Å². The summed E-state index contributed by atoms with van der Waals surface area (Å²) in [6.45, 7) is 0.765. The number of benzene rings is 2. The van der Waals surface area contributed by atoms with Crippen molar-refractivity contribution in [3.63, 3.8) is 0 Å². The lowest BCUT2D eigenvalue weighted by Gasteiger charge is -2.20. The van der Waals surface area contributed by atoms with Crippen LogP contribution in [0.15, 0.2) is 36.4 Å². The molecule has 7 nitrogen and oxygen atoms in total. The maximum absolute atomic E-state index is 13.5. The van der Waals surface area contributed by atoms with E-state index in [4.69, 9.17) is 16.3 Å². The molecule has 212 valence electrons. The van der Waals surface area contributed by atoms with Crippen LogP contribution < -0.4 is 8.92 Å². The smallest absolute Gasteiger partial charge is 0.425 e. The van der Waals surface area contributed by atoms with Gasteiger partial charge in [-0.2, -0.15) is 53.0 Å². The van der Waals surface area contributed by atoms with Crippen LogP contribution in [0.25, 0.3) is 22.4 Å². The van der Waals surface area contributed by atoms with Crippen molar-refractivity contribution >= 4 is 27.7 Å². The van der Waals surface area contributed by atoms with Gasteiger partial charge in [0.05, 0.1) is 21.8 Å². The van der Waals surface area contributed by atoms with Crippen molar-refractivity contribution in [2.45, 2.75) is 24.8 Å². The lowest BCUT2D eigenvalue weighted by atomic mass is 9.96. The van der Waals surface area contributed by atoms with E-state index in [0.717, 1.165) is 26.1 Å². The molecule has 2 aromatic carbocycles. The van der Waals surface area contributed by atoms with Crippen LogP contribution in [0.2, 0.25) is 5.02 Å². The molecule has 0 saturated carbocycles. The number of aromatic nitrogens is 2. The highest BCUT2D eigenvalue weighted by atomic mass is 35.5. The van der Waals surface area contributed by atoms with Gasteiger partial charge in [-0.25, -0.2) is 0 Å². The zero-order valence-electron chi connectivity index (χ0n) is 19.1. The van der Waals surface area contributed by atoms with E-state index in [0.29, 0.717) is 28.9 Å². The predicted molar refractivity (Wildman–Crippen MR) is 116 cm³/mol. The summed E-state index contributed by atoms with van der Waals surface area (Å²) in [7, 11) is -5.41. The summed E-state index contributed by atoms with van der Waals surface area (Å²) >= 11 is 5.59. The number of carbonyl (C=O) groups excluding carboxylic acids is 1. The number of nitrogens with zero attached hydrogens (tertiary/aromatic N) is 2. The van der Waals surface area contributed by atoms with Crippen LogP contribution >= 0.6 is 11.6 Å². The third kappa shape index (κ3) is 6.24. The lowest BCUT2D eigenvalue weighted by molar-refractivity contribution is -0.141. The van der Waals surface area contributed by atoms with Gasteiger partial charge in [0.15, 0.2) is 17.2 Å². The third-order valence-corrected chi connectivity index (χ3v) is 6.15. The van der Waals surface area contributed by atoms with Gasteiger partial charge < -0.3 is 8.92 Å². The topological polar surface area (TPSA) is 87.5 Å². The molecular weight excluding hydrogens is 599 g/mol. The van der Waals surface area contributed by atoms with Gasteiger partial charge in [0.2, 0.25) is 0 Å². The van der Waals surface area contributed by atoms with Crippen LogP contribution in [0.1, 0.15) is 18.2 Å². The highest BCUT2D eigenvalue weighted by Gasteiger charge is 2.49. The van der Waals surface area contributed by atoms with Gasteiger partial charge in [-0.3, -0.25) is 9.48 Å². The fourth-order valence-electron chi connectivity index (χ4n) is 3.28. The number of alkyl halides is 9. The molecule has 1 heterocycles. The molecule has 39 heavy (non-hydrogen) atoms. The summed E-state index contributed by atoms with van der Waals surface area (Å²) in [5, 5.41) is 2.40. The Labute approximate surface area is 217 Å². The molecule has 0 radical (unpaired) electrons. The van der Waals surface area contributed by atoms with Crippen molar-refractivity contribution in [2.75, 3.05) is 0 Å². The van der Waals surface area contributed by atoms with Gasteiger partial charge in [-0.15, -0.1) is 0 Å². The van der Waals surface area contributed by atoms with Gasteiger partial charge in [0, 0.05) is 19.5 Å². The molecule has 0 aliphatic carbocycles. The van der Waals surface area contributed by atoms with Crippen LogP contribution in [0, 0.1) is 0 Å². The minimum Gasteiger partial charge on any atom is -0.425 e. The van der Waals surface area contributed by atoms with Crippen LogP contribution in [0.3, 0.4) is 0 Å². The maximum atomic E-state index is 13.5. The van der Waals surface area contributed by atoms with E-state index in [1.54, 1.807) is 0 Å². The Kier molecular flexibility index (Phi) is 7.66. The molecule has 0 atom stereocenters. The molecule has 0 spiro atoms. The molecule has 3 aromatic rings. The number of hydrogen-bond acceptors (Lipinski definition) is 6. The Bertz CT molecular complexity index is 1540. The minimum absolute atomic E-state index is 0.298. The Morgan fingerprint density at radius 1 is 0.949 bits per heavy atom. The van der Waals surface area contributed by atoms with Crippen molar-refractivity contribution in [3.8, 4) is 33.9 Å². The van der Waals surface area contributed by atoms with E-state index >= 15 is 0 Å². The van der Waals surface area contributed by atoms with Crippen LogP contribution in [0.5, 0.6) is 11.5 Å². The molecule has 0 unspecified atom stereocenters. The normalized spacial score (nSPS) is 12.9. The summed E-state index contributed by atoms with van der Waals surface area (Å²) in [5.74, 6) is -3.41. The summed E-state index contributed by atoms with van der Waals surface area (Å²) in [6.07, 6.45) is -10.1. The second-order valence-corrected chi connectivity index (χ2v) is 9.57. The van der Waals surface area contributed by atoms with Crippen LogP contribution in [-0.4, -0.2) is 29.7 Å². The van der Waals surface area contributed by atoms with Gasteiger partial charge in [0.1, 0.15) is 0 Å². The van der Waals surface area contributed by atoms with Gasteiger partial charge in [0.25, 0.3) is 0 Å². The number of carbonyl (C=O) groups is 1. The predicted octanol–water partition coefficient (Wildman–Crippen LogP) is 6.60. The maximum Gasteiger partial charge on any atom is 0.534 e. The van der Waals surface area contributed by atoms with Crippen molar-refractivity contribution < 1.29 is 61.6 Å². The SMILES string of the molecule is CC(=O)Oc1c(-c2cc(C(F)(F)F)nn2C)ccc(OS(=O)(=O)C(F)(F)F)c1-c1ccc(Cl)c(C(F)(F)F)c1. The molecule has 0 aliphatic rings. The monoisotopic (exact) mass is 610 g/mol. The van der Waals surface area contributed by atoms with Crippen molar-refractivity contribution in [3.05, 3.63) is 52.7 Å². The van der Waals surface area contributed by atoms with Crippen molar-refractivity contribution in [1.82, 2.24) is 9.78 Å². The average molecular weight is 611 g/mol. The zero-order chi connectivity index (χ0) is 29.7. The second-order valence-electron chi connectivity index (χ2n) is 7.62. The van der Waals surface area contributed by atoms with E-state index in [-0.39, 0.29) is 0 Å². The summed E-state index contributed by atoms with van der Waals surface area (Å²) in [4.78, 5) is 11.9. The van der Waals surface area contributed by atoms with Gasteiger partial charge in [-0.1, -0.05) is 17.7 Å². The average Bonchev–Trinajstić information content (AvgIpc) is 3.14. The standard InChI is InChI=1S/C21H12ClF9N2O5S/c1-9(34)37-18-11(14-8-16(20(26,27)28)32-33(14)2)4-6-15(38-39(35,36)21(29,30)31)17(18)10-3-5-13(22)12(7-10)19(23,24)25/h3-8H,1-2H3. The summed E-state index contributed by atoms with van der Waals surface area (Å²) in [5.41, 5.74) is -11.6. The Balaban J connectivity index is 2.47. The first kappa shape index (κ1) is 30.1. The number of halogens is 10. The largest absolute Gasteiger partial charge is 0.534 e. The number of hydrogen-bond donors (Lipinski definition) is 0. The summed E-state index contributed by atoms with van der Waals surface area (Å²) < 4.78 is 153. The molecule has 18 heteroatoms. The van der Waals surface area contributed by atoms with Crippen LogP contribution in [0.4, 0.5) is 39.5 Å². The Morgan fingerprint density at radius 3 is 2.05 bits per heavy atom. The first-order chi connectivity index (χ1) is 17.6. The van der Waals surface area contributed by atoms with E-state index in [2.05, 4.69) is 9.28 Å². The van der Waals surface area contributed by atoms with Gasteiger partial charge >= 0.3 is 33.9 Å². The van der Waals surface area contributed by atoms with E-state index in [1.165, 1.54) is 0 Å². The molecule has 0 aliphatic heterocycles. The zero-order valence-corrected chi connectivity index (χ0v) is 20.7. The molecule has 0 bridgehead atoms. The molecule has 0 fully saturated rings. The highest BCUT2D eigenvalue weighted by Crippen LogP contribution is 2.48. The lowest BCUT2D eigenvalue weighted by Crippen LogP contribution is -2.28. The highest BCUT2D eigenvalue weighted by molar-refractivity contribution is 7.88. The Hall–Kier alpha value is -3.47. The number of aryl methyl sites for hydroxylation is 1. The number of ether oxygens (including phenoxy) is 1. The number of esters is 1. The molecular formula is C21H12ClF9N2O5S. The van der Waals surface area contributed by atoms with Crippen molar-refractivity contribution in [2.24, 2.45) is 7.05 Å². The molecule has 0 saturated heterocycles. The Morgan fingerprint density at radius 2 is 1.56 bits per heavy atom. The fraction of sp³-hybridized carbons (Fsp3) is 0.238. The first-order valence-electron chi connectivity index (χ1n) is 9.98. The fourth-order valence-corrected chi connectivity index (χ4v) is 3.97. The molecule has 1 aromatic heterocycles. The van der Waals surface area contributed by atoms with Crippen molar-refractivity contribution in [1.29, 1.82) is 0 Å². The second kappa shape index (κ2) is 9.93. The molecule has 0 amide bonds. The van der Waals surface area contributed by atoms with E-state index < -0.39 is 84.1 Å². The molecule has 0 N–H and O–H groups in total.